The Morgan fingerprint density at radius 3 is 2.75 bits per heavy atom. The van der Waals surface area contributed by atoms with Gasteiger partial charge in [0.2, 0.25) is 0 Å². The maximum Gasteiger partial charge on any atom is 0.303 e. The Balaban J connectivity index is 2.12. The zero-order valence-corrected chi connectivity index (χ0v) is 10.7. The fourth-order valence-corrected chi connectivity index (χ4v) is 1.82. The van der Waals surface area contributed by atoms with Gasteiger partial charge in [0.15, 0.2) is 0 Å². The predicted octanol–water partition coefficient (Wildman–Crippen LogP) is 2.79. The Morgan fingerprint density at radius 2 is 2.06 bits per heavy atom. The quantitative estimate of drug-likeness (QED) is 0.758. The molecule has 0 aromatic heterocycles. The molecule has 0 bridgehead atoms. The van der Waals surface area contributed by atoms with E-state index < -0.39 is 5.97 Å². The summed E-state index contributed by atoms with van der Waals surface area (Å²) in [4.78, 5) is 10.3. The number of halogens is 1. The van der Waals surface area contributed by atoms with Crippen molar-refractivity contribution in [2.45, 2.75) is 25.8 Å². The highest BCUT2D eigenvalue weighted by Crippen LogP contribution is 2.15. The van der Waals surface area contributed by atoms with Crippen LogP contribution in [0.15, 0.2) is 28.7 Å². The smallest absolute Gasteiger partial charge is 0.303 e. The highest BCUT2D eigenvalue weighted by molar-refractivity contribution is 9.10. The van der Waals surface area contributed by atoms with E-state index in [0.717, 1.165) is 30.4 Å². The van der Waals surface area contributed by atoms with Gasteiger partial charge in [0.1, 0.15) is 0 Å². The van der Waals surface area contributed by atoms with Gasteiger partial charge in [-0.1, -0.05) is 34.1 Å². The maximum absolute atomic E-state index is 10.3. The van der Waals surface area contributed by atoms with Gasteiger partial charge < -0.3 is 10.4 Å². The Bertz CT molecular complexity index is 342. The lowest BCUT2D eigenvalue weighted by molar-refractivity contribution is -0.137. The summed E-state index contributed by atoms with van der Waals surface area (Å²) in [7, 11) is 0. The number of carboxylic acid groups (broad SMARTS) is 1. The second kappa shape index (κ2) is 7.41. The zero-order chi connectivity index (χ0) is 11.8. The van der Waals surface area contributed by atoms with Crippen LogP contribution in [0.1, 0.15) is 24.8 Å². The lowest BCUT2D eigenvalue weighted by Crippen LogP contribution is -2.15. The van der Waals surface area contributed by atoms with Crippen molar-refractivity contribution in [3.05, 3.63) is 34.3 Å². The van der Waals surface area contributed by atoms with Gasteiger partial charge in [0.25, 0.3) is 0 Å². The minimum absolute atomic E-state index is 0.261. The van der Waals surface area contributed by atoms with Gasteiger partial charge in [-0.3, -0.25) is 4.79 Å². The van der Waals surface area contributed by atoms with E-state index in [1.54, 1.807) is 0 Å². The van der Waals surface area contributed by atoms with E-state index in [1.807, 2.05) is 18.2 Å². The molecule has 0 saturated carbocycles. The minimum atomic E-state index is -0.717. The van der Waals surface area contributed by atoms with E-state index in [4.69, 9.17) is 5.11 Å². The fourth-order valence-electron chi connectivity index (χ4n) is 1.39. The van der Waals surface area contributed by atoms with Crippen LogP contribution in [0.4, 0.5) is 0 Å². The molecule has 0 heterocycles. The summed E-state index contributed by atoms with van der Waals surface area (Å²) in [5.41, 5.74) is 1.22. The topological polar surface area (TPSA) is 49.3 Å². The van der Waals surface area contributed by atoms with Crippen LogP contribution in [-0.4, -0.2) is 17.6 Å². The normalized spacial score (nSPS) is 10.3. The number of aliphatic carboxylic acids is 1. The molecule has 0 amide bonds. The van der Waals surface area contributed by atoms with Gasteiger partial charge in [-0.15, -0.1) is 0 Å². The number of carboxylic acids is 1. The summed E-state index contributed by atoms with van der Waals surface area (Å²) in [5, 5.41) is 11.8. The van der Waals surface area contributed by atoms with Crippen molar-refractivity contribution >= 4 is 21.9 Å². The monoisotopic (exact) mass is 285 g/mol. The van der Waals surface area contributed by atoms with Crippen molar-refractivity contribution in [1.29, 1.82) is 0 Å². The first-order valence-corrected chi connectivity index (χ1v) is 6.15. The van der Waals surface area contributed by atoms with Crippen LogP contribution in [0.5, 0.6) is 0 Å². The number of carbonyl (C=O) groups is 1. The van der Waals surface area contributed by atoms with Gasteiger partial charge in [0, 0.05) is 17.4 Å². The van der Waals surface area contributed by atoms with Crippen LogP contribution in [0.2, 0.25) is 0 Å². The summed E-state index contributed by atoms with van der Waals surface area (Å²) in [6.45, 7) is 1.67. The van der Waals surface area contributed by atoms with Crippen molar-refractivity contribution in [3.63, 3.8) is 0 Å². The fraction of sp³-hybridized carbons (Fsp3) is 0.417. The zero-order valence-electron chi connectivity index (χ0n) is 9.08. The van der Waals surface area contributed by atoms with Crippen LogP contribution in [0, 0.1) is 0 Å². The van der Waals surface area contributed by atoms with E-state index in [1.165, 1.54) is 5.56 Å². The molecule has 0 aliphatic rings. The number of rotatable bonds is 7. The standard InChI is InChI=1S/C12H16BrNO2/c13-11-6-2-1-5-10(11)9-14-8-4-3-7-12(15)16/h1-2,5-6,14H,3-4,7-9H2,(H,15,16). The third-order valence-electron chi connectivity index (χ3n) is 2.27. The average Bonchev–Trinajstić information content (AvgIpc) is 2.25. The lowest BCUT2D eigenvalue weighted by Gasteiger charge is -2.06. The minimum Gasteiger partial charge on any atom is -0.481 e. The van der Waals surface area contributed by atoms with Crippen molar-refractivity contribution in [1.82, 2.24) is 5.32 Å². The van der Waals surface area contributed by atoms with E-state index in [0.29, 0.717) is 0 Å². The van der Waals surface area contributed by atoms with Gasteiger partial charge in [-0.25, -0.2) is 0 Å². The van der Waals surface area contributed by atoms with Crippen molar-refractivity contribution < 1.29 is 9.90 Å². The molecular formula is C12H16BrNO2. The van der Waals surface area contributed by atoms with Gasteiger partial charge in [0.05, 0.1) is 0 Å². The molecule has 4 heteroatoms. The Morgan fingerprint density at radius 1 is 1.31 bits per heavy atom. The van der Waals surface area contributed by atoms with E-state index >= 15 is 0 Å². The highest BCUT2D eigenvalue weighted by Gasteiger charge is 1.98. The molecular weight excluding hydrogens is 270 g/mol. The number of hydrogen-bond donors (Lipinski definition) is 2. The van der Waals surface area contributed by atoms with E-state index in [-0.39, 0.29) is 6.42 Å². The molecule has 0 atom stereocenters. The molecule has 1 aromatic carbocycles. The number of hydrogen-bond acceptors (Lipinski definition) is 2. The second-order valence-corrected chi connectivity index (χ2v) is 4.47. The van der Waals surface area contributed by atoms with Crippen LogP contribution < -0.4 is 5.32 Å². The molecule has 0 unspecified atom stereocenters. The van der Waals surface area contributed by atoms with Crippen LogP contribution >= 0.6 is 15.9 Å². The SMILES string of the molecule is O=C(O)CCCCNCc1ccccc1Br. The maximum atomic E-state index is 10.3. The van der Waals surface area contributed by atoms with Crippen molar-refractivity contribution in [3.8, 4) is 0 Å². The lowest BCUT2D eigenvalue weighted by atomic mass is 10.2. The van der Waals surface area contributed by atoms with E-state index in [2.05, 4.69) is 27.3 Å². The van der Waals surface area contributed by atoms with E-state index in [9.17, 15) is 4.79 Å². The molecule has 0 saturated heterocycles. The largest absolute Gasteiger partial charge is 0.481 e. The Kier molecular flexibility index (Phi) is 6.11. The number of nitrogens with one attached hydrogen (secondary N) is 1. The molecule has 1 rings (SSSR count). The number of unbranched alkanes of at least 4 members (excludes halogenated alkanes) is 1. The molecule has 16 heavy (non-hydrogen) atoms. The number of benzene rings is 1. The van der Waals surface area contributed by atoms with Crippen LogP contribution in [0.3, 0.4) is 0 Å². The second-order valence-electron chi connectivity index (χ2n) is 3.62. The average molecular weight is 286 g/mol. The first-order valence-electron chi connectivity index (χ1n) is 5.36. The molecule has 3 nitrogen and oxygen atoms in total. The first kappa shape index (κ1) is 13.2. The summed E-state index contributed by atoms with van der Waals surface area (Å²) in [6, 6.07) is 8.07. The first-order chi connectivity index (χ1) is 7.70. The van der Waals surface area contributed by atoms with Gasteiger partial charge in [-0.2, -0.15) is 0 Å². The summed E-state index contributed by atoms with van der Waals surface area (Å²) >= 11 is 3.48. The highest BCUT2D eigenvalue weighted by atomic mass is 79.9. The Labute approximate surface area is 104 Å². The molecule has 0 spiro atoms. The molecule has 1 aromatic rings. The third kappa shape index (κ3) is 5.28. The molecule has 0 aliphatic carbocycles. The van der Waals surface area contributed by atoms with Gasteiger partial charge in [-0.05, 0) is 31.0 Å². The van der Waals surface area contributed by atoms with Crippen molar-refractivity contribution in [2.24, 2.45) is 0 Å². The summed E-state index contributed by atoms with van der Waals surface area (Å²) in [5.74, 6) is -0.717. The Hall–Kier alpha value is -0.870. The summed E-state index contributed by atoms with van der Waals surface area (Å²) in [6.07, 6.45) is 1.89. The predicted molar refractivity (Wildman–Crippen MR) is 67.3 cm³/mol. The molecule has 0 fully saturated rings. The molecule has 0 aliphatic heterocycles. The van der Waals surface area contributed by atoms with Gasteiger partial charge >= 0.3 is 5.97 Å². The molecule has 2 N–H and O–H groups in total. The summed E-state index contributed by atoms with van der Waals surface area (Å²) < 4.78 is 1.10. The van der Waals surface area contributed by atoms with Crippen molar-refractivity contribution in [2.75, 3.05) is 6.54 Å². The van der Waals surface area contributed by atoms with Crippen LogP contribution in [-0.2, 0) is 11.3 Å². The third-order valence-corrected chi connectivity index (χ3v) is 3.04. The van der Waals surface area contributed by atoms with Crippen LogP contribution in [0.25, 0.3) is 0 Å². The molecule has 88 valence electrons. The molecule has 0 radical (unpaired) electrons.